The predicted octanol–water partition coefficient (Wildman–Crippen LogP) is 2.30. The lowest BCUT2D eigenvalue weighted by Gasteiger charge is -2.15. The van der Waals surface area contributed by atoms with Gasteiger partial charge in [-0.1, -0.05) is 17.7 Å². The van der Waals surface area contributed by atoms with Crippen LogP contribution in [0, 0.1) is 5.82 Å². The zero-order valence-electron chi connectivity index (χ0n) is 9.71. The average Bonchev–Trinajstić information content (AvgIpc) is 2.21. The van der Waals surface area contributed by atoms with Gasteiger partial charge in [0, 0.05) is 6.04 Å². The van der Waals surface area contributed by atoms with Crippen molar-refractivity contribution in [1.29, 1.82) is 0 Å². The molecule has 1 unspecified atom stereocenters. The molecule has 0 aromatic heterocycles. The van der Waals surface area contributed by atoms with Gasteiger partial charge in [0.15, 0.2) is 0 Å². The van der Waals surface area contributed by atoms with Gasteiger partial charge in [-0.05, 0) is 51.2 Å². The minimum absolute atomic E-state index is 0.0870. The molecular formula is C12H18ClFN2. The highest BCUT2D eigenvalue weighted by Crippen LogP contribution is 2.17. The summed E-state index contributed by atoms with van der Waals surface area (Å²) in [5.41, 5.74) is 6.96. The third kappa shape index (κ3) is 4.47. The smallest absolute Gasteiger partial charge is 0.141 e. The van der Waals surface area contributed by atoms with Crippen molar-refractivity contribution in [2.24, 2.45) is 5.73 Å². The predicted molar refractivity (Wildman–Crippen MR) is 66.3 cm³/mol. The van der Waals surface area contributed by atoms with Crippen LogP contribution in [0.2, 0.25) is 5.02 Å². The van der Waals surface area contributed by atoms with Crippen LogP contribution in [0.1, 0.15) is 12.0 Å². The molecule has 0 fully saturated rings. The lowest BCUT2D eigenvalue weighted by atomic mass is 10.0. The SMILES string of the molecule is CN(C)CCC(N)Cc1ccc(F)c(Cl)c1. The molecule has 0 spiro atoms. The standard InChI is InChI=1S/C12H18ClFN2/c1-16(2)6-5-10(15)7-9-3-4-12(14)11(13)8-9/h3-4,8,10H,5-7,15H2,1-2H3. The van der Waals surface area contributed by atoms with E-state index in [4.69, 9.17) is 17.3 Å². The van der Waals surface area contributed by atoms with Crippen LogP contribution in [0.25, 0.3) is 0 Å². The number of halogens is 2. The largest absolute Gasteiger partial charge is 0.327 e. The van der Waals surface area contributed by atoms with Gasteiger partial charge in [-0.25, -0.2) is 4.39 Å². The van der Waals surface area contributed by atoms with Gasteiger partial charge < -0.3 is 10.6 Å². The second-order valence-corrected chi connectivity index (χ2v) is 4.71. The van der Waals surface area contributed by atoms with Crippen LogP contribution in [0.15, 0.2) is 18.2 Å². The van der Waals surface area contributed by atoms with Gasteiger partial charge in [-0.15, -0.1) is 0 Å². The highest BCUT2D eigenvalue weighted by atomic mass is 35.5. The van der Waals surface area contributed by atoms with Gasteiger partial charge in [-0.2, -0.15) is 0 Å². The van der Waals surface area contributed by atoms with E-state index in [1.807, 2.05) is 14.1 Å². The first-order chi connectivity index (χ1) is 7.49. The average molecular weight is 245 g/mol. The van der Waals surface area contributed by atoms with Crippen LogP contribution < -0.4 is 5.73 Å². The zero-order chi connectivity index (χ0) is 12.1. The van der Waals surface area contributed by atoms with Crippen LogP contribution in [0.3, 0.4) is 0 Å². The monoisotopic (exact) mass is 244 g/mol. The van der Waals surface area contributed by atoms with E-state index in [-0.39, 0.29) is 16.9 Å². The van der Waals surface area contributed by atoms with Crippen molar-refractivity contribution >= 4 is 11.6 Å². The Hall–Kier alpha value is -0.640. The van der Waals surface area contributed by atoms with E-state index in [0.29, 0.717) is 0 Å². The summed E-state index contributed by atoms with van der Waals surface area (Å²) in [4.78, 5) is 2.09. The van der Waals surface area contributed by atoms with E-state index in [1.54, 1.807) is 12.1 Å². The van der Waals surface area contributed by atoms with Gasteiger partial charge in [0.2, 0.25) is 0 Å². The van der Waals surface area contributed by atoms with Crippen LogP contribution in [0.5, 0.6) is 0 Å². The Kier molecular flexibility index (Phi) is 5.19. The first-order valence-electron chi connectivity index (χ1n) is 5.33. The molecule has 2 N–H and O–H groups in total. The van der Waals surface area contributed by atoms with E-state index in [0.717, 1.165) is 24.9 Å². The Bertz CT molecular complexity index is 342. The molecule has 0 aliphatic heterocycles. The third-order valence-electron chi connectivity index (χ3n) is 2.43. The fourth-order valence-electron chi connectivity index (χ4n) is 1.50. The first kappa shape index (κ1) is 13.4. The van der Waals surface area contributed by atoms with E-state index in [1.165, 1.54) is 6.07 Å². The summed E-state index contributed by atoms with van der Waals surface area (Å²) in [6.45, 7) is 0.954. The molecule has 0 bridgehead atoms. The van der Waals surface area contributed by atoms with Gasteiger partial charge in [0.05, 0.1) is 5.02 Å². The second kappa shape index (κ2) is 6.18. The molecule has 4 heteroatoms. The number of nitrogens with two attached hydrogens (primary N) is 1. The first-order valence-corrected chi connectivity index (χ1v) is 5.71. The molecule has 1 rings (SSSR count). The summed E-state index contributed by atoms with van der Waals surface area (Å²) in [6.07, 6.45) is 1.65. The van der Waals surface area contributed by atoms with Gasteiger partial charge in [0.25, 0.3) is 0 Å². The summed E-state index contributed by atoms with van der Waals surface area (Å²) in [7, 11) is 4.03. The molecule has 90 valence electrons. The summed E-state index contributed by atoms with van der Waals surface area (Å²) in [5.74, 6) is -0.382. The molecule has 0 saturated heterocycles. The van der Waals surface area contributed by atoms with Gasteiger partial charge >= 0.3 is 0 Å². The third-order valence-corrected chi connectivity index (χ3v) is 2.72. The van der Waals surface area contributed by atoms with Crippen LogP contribution >= 0.6 is 11.6 Å². The van der Waals surface area contributed by atoms with Crippen molar-refractivity contribution in [3.05, 3.63) is 34.6 Å². The number of nitrogens with zero attached hydrogens (tertiary/aromatic N) is 1. The number of benzene rings is 1. The minimum Gasteiger partial charge on any atom is -0.327 e. The molecule has 2 nitrogen and oxygen atoms in total. The summed E-state index contributed by atoms with van der Waals surface area (Å²) >= 11 is 5.70. The lowest BCUT2D eigenvalue weighted by Crippen LogP contribution is -2.28. The van der Waals surface area contributed by atoms with E-state index >= 15 is 0 Å². The molecule has 0 aliphatic rings. The Morgan fingerprint density at radius 2 is 2.12 bits per heavy atom. The van der Waals surface area contributed by atoms with E-state index < -0.39 is 0 Å². The Labute approximate surface area is 101 Å². The van der Waals surface area contributed by atoms with Gasteiger partial charge in [-0.3, -0.25) is 0 Å². The maximum Gasteiger partial charge on any atom is 0.141 e. The molecule has 0 radical (unpaired) electrons. The molecule has 0 amide bonds. The molecular weight excluding hydrogens is 227 g/mol. The summed E-state index contributed by atoms with van der Waals surface area (Å²) in [5, 5.41) is 0.164. The fourth-order valence-corrected chi connectivity index (χ4v) is 1.70. The molecule has 1 aromatic rings. The fraction of sp³-hybridized carbons (Fsp3) is 0.500. The van der Waals surface area contributed by atoms with E-state index in [9.17, 15) is 4.39 Å². The normalized spacial score (nSPS) is 13.1. The number of rotatable bonds is 5. The maximum absolute atomic E-state index is 12.9. The number of hydrogen-bond donors (Lipinski definition) is 1. The van der Waals surface area contributed by atoms with Crippen molar-refractivity contribution in [3.63, 3.8) is 0 Å². The van der Waals surface area contributed by atoms with Crippen molar-refractivity contribution < 1.29 is 4.39 Å². The Balaban J connectivity index is 2.49. The summed E-state index contributed by atoms with van der Waals surface area (Å²) < 4.78 is 12.9. The topological polar surface area (TPSA) is 29.3 Å². The highest BCUT2D eigenvalue weighted by Gasteiger charge is 2.07. The molecule has 1 aromatic carbocycles. The van der Waals surface area contributed by atoms with Crippen molar-refractivity contribution in [1.82, 2.24) is 4.90 Å². The second-order valence-electron chi connectivity index (χ2n) is 4.30. The molecule has 16 heavy (non-hydrogen) atoms. The quantitative estimate of drug-likeness (QED) is 0.861. The highest BCUT2D eigenvalue weighted by molar-refractivity contribution is 6.30. The Morgan fingerprint density at radius 3 is 2.69 bits per heavy atom. The molecule has 0 aliphatic carbocycles. The lowest BCUT2D eigenvalue weighted by molar-refractivity contribution is 0.379. The molecule has 1 atom stereocenters. The molecule has 0 heterocycles. The Morgan fingerprint density at radius 1 is 1.44 bits per heavy atom. The number of hydrogen-bond acceptors (Lipinski definition) is 2. The zero-order valence-corrected chi connectivity index (χ0v) is 10.5. The van der Waals surface area contributed by atoms with Crippen molar-refractivity contribution in [2.75, 3.05) is 20.6 Å². The molecule has 0 saturated carbocycles. The van der Waals surface area contributed by atoms with Crippen molar-refractivity contribution in [2.45, 2.75) is 18.9 Å². The summed E-state index contributed by atoms with van der Waals surface area (Å²) in [6, 6.07) is 4.85. The van der Waals surface area contributed by atoms with Crippen LogP contribution in [-0.4, -0.2) is 31.6 Å². The van der Waals surface area contributed by atoms with Crippen molar-refractivity contribution in [3.8, 4) is 0 Å². The minimum atomic E-state index is -0.382. The van der Waals surface area contributed by atoms with Crippen LogP contribution in [0.4, 0.5) is 4.39 Å². The van der Waals surface area contributed by atoms with Crippen LogP contribution in [-0.2, 0) is 6.42 Å². The van der Waals surface area contributed by atoms with E-state index in [2.05, 4.69) is 4.90 Å². The van der Waals surface area contributed by atoms with Gasteiger partial charge in [0.1, 0.15) is 5.82 Å². The maximum atomic E-state index is 12.9.